The third kappa shape index (κ3) is 4.20. The summed E-state index contributed by atoms with van der Waals surface area (Å²) in [5.41, 5.74) is 1.50. The summed E-state index contributed by atoms with van der Waals surface area (Å²) in [7, 11) is 0. The maximum atomic E-state index is 12.0. The van der Waals surface area contributed by atoms with Crippen LogP contribution in [0.15, 0.2) is 42.6 Å². The Morgan fingerprint density at radius 3 is 2.19 bits per heavy atom. The van der Waals surface area contributed by atoms with Gasteiger partial charge in [0, 0.05) is 17.8 Å². The lowest BCUT2D eigenvalue weighted by molar-refractivity contribution is -0.154. The Bertz CT molecular complexity index is 621. The van der Waals surface area contributed by atoms with Gasteiger partial charge in [-0.1, -0.05) is 12.1 Å². The van der Waals surface area contributed by atoms with Gasteiger partial charge in [-0.05, 0) is 23.8 Å². The second-order valence-electron chi connectivity index (χ2n) is 4.17. The molecule has 0 spiro atoms. The molecular weight excluding hydrogens is 287 g/mol. The predicted molar refractivity (Wildman–Crippen MR) is 68.2 cm³/mol. The molecule has 0 saturated carbocycles. The minimum Gasteiger partial charge on any atom is -0.478 e. The van der Waals surface area contributed by atoms with Gasteiger partial charge in [-0.25, -0.2) is 9.78 Å². The number of benzene rings is 1. The molecule has 0 bridgehead atoms. The van der Waals surface area contributed by atoms with E-state index >= 15 is 0 Å². The molecule has 7 heteroatoms. The number of hydrogen-bond donors (Lipinski definition) is 1. The number of carboxylic acids is 1. The Morgan fingerprint density at radius 2 is 1.71 bits per heavy atom. The lowest BCUT2D eigenvalue weighted by Gasteiger charge is -2.08. The molecule has 0 aliphatic heterocycles. The molecule has 0 unspecified atom stereocenters. The highest BCUT2D eigenvalue weighted by atomic mass is 19.4. The summed E-state index contributed by atoms with van der Waals surface area (Å²) in [5, 5.41) is 8.79. The fourth-order valence-electron chi connectivity index (χ4n) is 1.60. The van der Waals surface area contributed by atoms with E-state index in [2.05, 4.69) is 9.72 Å². The molecule has 1 aromatic carbocycles. The van der Waals surface area contributed by atoms with Crippen molar-refractivity contribution in [2.45, 2.75) is 6.18 Å². The number of nitrogens with zero attached hydrogens (tertiary/aromatic N) is 1. The molecule has 0 radical (unpaired) electrons. The van der Waals surface area contributed by atoms with Crippen molar-refractivity contribution in [2.75, 3.05) is 6.61 Å². The normalized spacial score (nSPS) is 11.2. The molecule has 0 atom stereocenters. The molecule has 0 fully saturated rings. The van der Waals surface area contributed by atoms with Crippen molar-refractivity contribution < 1.29 is 27.8 Å². The van der Waals surface area contributed by atoms with Crippen molar-refractivity contribution in [2.24, 2.45) is 0 Å². The first kappa shape index (κ1) is 14.8. The molecule has 1 heterocycles. The van der Waals surface area contributed by atoms with E-state index in [-0.39, 0.29) is 11.4 Å². The lowest BCUT2D eigenvalue weighted by Crippen LogP contribution is -2.19. The summed E-state index contributed by atoms with van der Waals surface area (Å²) >= 11 is 0. The van der Waals surface area contributed by atoms with Gasteiger partial charge in [0.05, 0.1) is 5.56 Å². The van der Waals surface area contributed by atoms with Crippen LogP contribution in [0.4, 0.5) is 13.2 Å². The molecule has 0 amide bonds. The van der Waals surface area contributed by atoms with Gasteiger partial charge in [-0.2, -0.15) is 13.2 Å². The minimum atomic E-state index is -4.41. The number of carboxylic acid groups (broad SMARTS) is 1. The number of halogens is 3. The van der Waals surface area contributed by atoms with Gasteiger partial charge in [-0.15, -0.1) is 0 Å². The van der Waals surface area contributed by atoms with Gasteiger partial charge in [0.25, 0.3) is 0 Å². The predicted octanol–water partition coefficient (Wildman–Crippen LogP) is 3.39. The van der Waals surface area contributed by atoms with Crippen LogP contribution < -0.4 is 4.74 Å². The van der Waals surface area contributed by atoms with E-state index in [4.69, 9.17) is 5.11 Å². The van der Waals surface area contributed by atoms with E-state index in [9.17, 15) is 18.0 Å². The van der Waals surface area contributed by atoms with Crippen LogP contribution in [0.5, 0.6) is 5.88 Å². The maximum Gasteiger partial charge on any atom is 0.422 e. The van der Waals surface area contributed by atoms with Crippen LogP contribution >= 0.6 is 0 Å². The molecule has 4 nitrogen and oxygen atoms in total. The molecule has 0 aliphatic rings. The lowest BCUT2D eigenvalue weighted by atomic mass is 10.1. The number of aromatic nitrogens is 1. The highest BCUT2D eigenvalue weighted by Gasteiger charge is 2.28. The van der Waals surface area contributed by atoms with E-state index in [1.54, 1.807) is 18.2 Å². The Balaban J connectivity index is 2.09. The Labute approximate surface area is 117 Å². The van der Waals surface area contributed by atoms with Crippen molar-refractivity contribution in [3.8, 4) is 17.0 Å². The number of aromatic carboxylic acids is 1. The average Bonchev–Trinajstić information content (AvgIpc) is 2.45. The van der Waals surface area contributed by atoms with Crippen LogP contribution in [0.25, 0.3) is 11.1 Å². The van der Waals surface area contributed by atoms with Gasteiger partial charge in [0.1, 0.15) is 0 Å². The van der Waals surface area contributed by atoms with Gasteiger partial charge in [0.2, 0.25) is 5.88 Å². The monoisotopic (exact) mass is 297 g/mol. The van der Waals surface area contributed by atoms with E-state index in [0.29, 0.717) is 11.1 Å². The second kappa shape index (κ2) is 5.82. The zero-order chi connectivity index (χ0) is 15.5. The van der Waals surface area contributed by atoms with Crippen LogP contribution in [-0.2, 0) is 0 Å². The molecule has 21 heavy (non-hydrogen) atoms. The quantitative estimate of drug-likeness (QED) is 0.939. The molecule has 2 rings (SSSR count). The third-order valence-electron chi connectivity index (χ3n) is 2.59. The Kier molecular flexibility index (Phi) is 4.11. The van der Waals surface area contributed by atoms with E-state index < -0.39 is 18.8 Å². The summed E-state index contributed by atoms with van der Waals surface area (Å²) < 4.78 is 40.5. The molecule has 2 aromatic rings. The van der Waals surface area contributed by atoms with Crippen LogP contribution in [-0.4, -0.2) is 28.8 Å². The number of carbonyl (C=O) groups is 1. The summed E-state index contributed by atoms with van der Waals surface area (Å²) in [5.74, 6) is -1.16. The van der Waals surface area contributed by atoms with Crippen LogP contribution in [0, 0.1) is 0 Å². The number of rotatable bonds is 4. The van der Waals surface area contributed by atoms with Crippen LogP contribution in [0.3, 0.4) is 0 Å². The molecule has 1 N–H and O–H groups in total. The van der Waals surface area contributed by atoms with E-state index in [1.165, 1.54) is 24.4 Å². The molecule has 0 aliphatic carbocycles. The largest absolute Gasteiger partial charge is 0.478 e. The first-order valence-corrected chi connectivity index (χ1v) is 5.84. The van der Waals surface area contributed by atoms with Crippen LogP contribution in [0.2, 0.25) is 0 Å². The minimum absolute atomic E-state index is 0.127. The first-order valence-electron chi connectivity index (χ1n) is 5.84. The van der Waals surface area contributed by atoms with Crippen LogP contribution in [0.1, 0.15) is 10.4 Å². The Hall–Kier alpha value is -2.57. The molecular formula is C14H10F3NO3. The maximum absolute atomic E-state index is 12.0. The molecule has 0 saturated heterocycles. The van der Waals surface area contributed by atoms with Crippen molar-refractivity contribution in [1.29, 1.82) is 0 Å². The number of hydrogen-bond acceptors (Lipinski definition) is 3. The zero-order valence-corrected chi connectivity index (χ0v) is 10.6. The number of alkyl halides is 3. The Morgan fingerprint density at radius 1 is 1.10 bits per heavy atom. The smallest absolute Gasteiger partial charge is 0.422 e. The number of ether oxygens (including phenoxy) is 1. The standard InChI is InChI=1S/C14H10F3NO3/c15-14(16,17)8-21-12-6-5-11(7-18-12)9-1-3-10(4-2-9)13(19)20/h1-7H,8H2,(H,19,20). The summed E-state index contributed by atoms with van der Waals surface area (Å²) in [4.78, 5) is 14.5. The van der Waals surface area contributed by atoms with Crippen molar-refractivity contribution in [3.05, 3.63) is 48.2 Å². The second-order valence-corrected chi connectivity index (χ2v) is 4.17. The topological polar surface area (TPSA) is 59.4 Å². The molecule has 110 valence electrons. The highest BCUT2D eigenvalue weighted by Crippen LogP contribution is 2.22. The van der Waals surface area contributed by atoms with Gasteiger partial charge >= 0.3 is 12.1 Å². The fourth-order valence-corrected chi connectivity index (χ4v) is 1.60. The summed E-state index contributed by atoms with van der Waals surface area (Å²) in [6, 6.07) is 8.94. The summed E-state index contributed by atoms with van der Waals surface area (Å²) in [6.07, 6.45) is -3.05. The number of pyridine rings is 1. The van der Waals surface area contributed by atoms with Crippen molar-refractivity contribution >= 4 is 5.97 Å². The van der Waals surface area contributed by atoms with Crippen molar-refractivity contribution in [3.63, 3.8) is 0 Å². The fraction of sp³-hybridized carbons (Fsp3) is 0.143. The molecule has 1 aromatic heterocycles. The van der Waals surface area contributed by atoms with E-state index in [1.807, 2.05) is 0 Å². The first-order chi connectivity index (χ1) is 9.85. The zero-order valence-electron chi connectivity index (χ0n) is 10.6. The third-order valence-corrected chi connectivity index (χ3v) is 2.59. The van der Waals surface area contributed by atoms with Gasteiger partial charge < -0.3 is 9.84 Å². The van der Waals surface area contributed by atoms with Gasteiger partial charge in [-0.3, -0.25) is 0 Å². The SMILES string of the molecule is O=C(O)c1ccc(-c2ccc(OCC(F)(F)F)nc2)cc1. The average molecular weight is 297 g/mol. The highest BCUT2D eigenvalue weighted by molar-refractivity contribution is 5.88. The summed E-state index contributed by atoms with van der Waals surface area (Å²) in [6.45, 7) is -1.40. The van der Waals surface area contributed by atoms with Crippen molar-refractivity contribution in [1.82, 2.24) is 4.98 Å². The van der Waals surface area contributed by atoms with Gasteiger partial charge in [0.15, 0.2) is 6.61 Å². The van der Waals surface area contributed by atoms with E-state index in [0.717, 1.165) is 0 Å².